The largest absolute Gasteiger partial charge is 0.441 e. The number of aliphatic imine (C=N–C) groups is 1. The Morgan fingerprint density at radius 3 is 2.86 bits per heavy atom. The Hall–Kier alpha value is -2.97. The van der Waals surface area contributed by atoms with E-state index in [1.54, 1.807) is 25.4 Å². The third-order valence-corrected chi connectivity index (χ3v) is 5.45. The summed E-state index contributed by atoms with van der Waals surface area (Å²) < 4.78 is 10.6. The number of anilines is 1. The van der Waals surface area contributed by atoms with Gasteiger partial charge in [-0.3, -0.25) is 9.79 Å². The summed E-state index contributed by atoms with van der Waals surface area (Å²) in [7, 11) is 1.66. The van der Waals surface area contributed by atoms with Gasteiger partial charge in [0.2, 0.25) is 5.89 Å². The van der Waals surface area contributed by atoms with Gasteiger partial charge in [0.25, 0.3) is 5.91 Å². The van der Waals surface area contributed by atoms with Crippen LogP contribution in [-0.4, -0.2) is 37.0 Å². The molecule has 2 aromatic heterocycles. The first-order chi connectivity index (χ1) is 13.6. The number of benzene rings is 1. The molecule has 2 N–H and O–H groups in total. The van der Waals surface area contributed by atoms with Crippen molar-refractivity contribution < 1.29 is 13.9 Å². The van der Waals surface area contributed by atoms with Gasteiger partial charge in [0.1, 0.15) is 11.6 Å². The molecular weight excluding hydrogens is 376 g/mol. The summed E-state index contributed by atoms with van der Waals surface area (Å²) in [5.41, 5.74) is 2.59. The van der Waals surface area contributed by atoms with E-state index >= 15 is 0 Å². The zero-order valence-corrected chi connectivity index (χ0v) is 16.4. The summed E-state index contributed by atoms with van der Waals surface area (Å²) in [5.74, 6) is 1.78. The number of amides is 1. The van der Waals surface area contributed by atoms with Gasteiger partial charge >= 0.3 is 0 Å². The first-order valence-electron chi connectivity index (χ1n) is 8.88. The Labute approximate surface area is 166 Å². The van der Waals surface area contributed by atoms with E-state index in [-0.39, 0.29) is 5.91 Å². The lowest BCUT2D eigenvalue weighted by Crippen LogP contribution is -2.29. The molecule has 0 saturated heterocycles. The summed E-state index contributed by atoms with van der Waals surface area (Å²) in [6.07, 6.45) is 1.70. The molecule has 1 amide bonds. The zero-order chi connectivity index (χ0) is 19.5. The van der Waals surface area contributed by atoms with Crippen LogP contribution in [0.5, 0.6) is 0 Å². The number of carbonyl (C=O) groups excluding carboxylic acids is 1. The maximum Gasteiger partial charge on any atom is 0.256 e. The van der Waals surface area contributed by atoms with Crippen LogP contribution in [0.1, 0.15) is 26.6 Å². The van der Waals surface area contributed by atoms with Crippen molar-refractivity contribution in [2.24, 2.45) is 4.99 Å². The highest BCUT2D eigenvalue weighted by atomic mass is 32.1. The molecule has 3 aromatic rings. The highest BCUT2D eigenvalue weighted by Crippen LogP contribution is 2.34. The Bertz CT molecular complexity index is 1020. The molecule has 28 heavy (non-hydrogen) atoms. The van der Waals surface area contributed by atoms with Gasteiger partial charge in [0.15, 0.2) is 0 Å². The fourth-order valence-corrected chi connectivity index (χ4v) is 3.94. The number of amidine groups is 1. The van der Waals surface area contributed by atoms with Gasteiger partial charge in [-0.2, -0.15) is 0 Å². The van der Waals surface area contributed by atoms with Crippen molar-refractivity contribution >= 4 is 28.8 Å². The number of aromatic nitrogens is 1. The van der Waals surface area contributed by atoms with Crippen molar-refractivity contribution in [2.45, 2.75) is 13.5 Å². The molecule has 0 spiro atoms. The van der Waals surface area contributed by atoms with E-state index in [1.165, 1.54) is 11.3 Å². The Morgan fingerprint density at radius 1 is 1.32 bits per heavy atom. The number of nitrogens with zero attached hydrogens (tertiary/aromatic N) is 2. The summed E-state index contributed by atoms with van der Waals surface area (Å²) in [5, 5.41) is 6.15. The van der Waals surface area contributed by atoms with Crippen LogP contribution in [0.2, 0.25) is 0 Å². The number of rotatable bonds is 6. The second-order valence-corrected chi connectivity index (χ2v) is 7.41. The number of thiophene rings is 1. The van der Waals surface area contributed by atoms with Crippen LogP contribution in [0.3, 0.4) is 0 Å². The third kappa shape index (κ3) is 3.83. The first-order valence-corrected chi connectivity index (χ1v) is 9.70. The van der Waals surface area contributed by atoms with Crippen LogP contribution in [0.15, 0.2) is 45.9 Å². The molecule has 4 rings (SSSR count). The lowest BCUT2D eigenvalue weighted by Gasteiger charge is -2.08. The standard InChI is InChI=1S/C20H20N4O3S/c1-12-10-23-20(27-12)16-9-14-11-22-18(17(14)28-16)24-19(25)13-3-5-15(6-4-13)21-7-8-26-2/h3-6,9-10,21H,7-8,11H2,1-2H3,(H,22,24,25). The Morgan fingerprint density at radius 2 is 2.14 bits per heavy atom. The first kappa shape index (κ1) is 18.4. The molecule has 7 nitrogen and oxygen atoms in total. The SMILES string of the molecule is COCCNc1ccc(C(=O)NC2=NCc3cc(-c4ncc(C)o4)sc32)cc1. The predicted molar refractivity (Wildman–Crippen MR) is 109 cm³/mol. The van der Waals surface area contributed by atoms with Crippen molar-refractivity contribution in [3.05, 3.63) is 58.3 Å². The number of nitrogens with one attached hydrogen (secondary N) is 2. The number of methoxy groups -OCH3 is 1. The van der Waals surface area contributed by atoms with Crippen molar-refractivity contribution in [1.29, 1.82) is 0 Å². The summed E-state index contributed by atoms with van der Waals surface area (Å²) in [4.78, 5) is 23.2. The Balaban J connectivity index is 1.43. The summed E-state index contributed by atoms with van der Waals surface area (Å²) in [6, 6.07) is 9.35. The zero-order valence-electron chi connectivity index (χ0n) is 15.6. The van der Waals surface area contributed by atoms with Gasteiger partial charge in [-0.05, 0) is 42.8 Å². The molecule has 8 heteroatoms. The average Bonchev–Trinajstić information content (AvgIpc) is 3.39. The van der Waals surface area contributed by atoms with E-state index in [0.717, 1.165) is 26.8 Å². The van der Waals surface area contributed by atoms with Crippen LogP contribution in [0, 0.1) is 6.92 Å². The van der Waals surface area contributed by atoms with Crippen molar-refractivity contribution in [3.8, 4) is 10.8 Å². The quantitative estimate of drug-likeness (QED) is 0.623. The maximum atomic E-state index is 12.6. The van der Waals surface area contributed by atoms with Crippen LogP contribution in [-0.2, 0) is 11.3 Å². The van der Waals surface area contributed by atoms with Gasteiger partial charge < -0.3 is 19.8 Å². The van der Waals surface area contributed by atoms with Crippen LogP contribution in [0.4, 0.5) is 5.69 Å². The number of ether oxygens (including phenoxy) is 1. The fourth-order valence-electron chi connectivity index (χ4n) is 2.87. The normalized spacial score (nSPS) is 12.6. The van der Waals surface area contributed by atoms with Gasteiger partial charge in [-0.25, -0.2) is 4.98 Å². The molecule has 1 aliphatic heterocycles. The molecule has 3 heterocycles. The number of aryl methyl sites for hydroxylation is 1. The van der Waals surface area contributed by atoms with Crippen molar-refractivity contribution in [2.75, 3.05) is 25.6 Å². The van der Waals surface area contributed by atoms with E-state index in [9.17, 15) is 4.79 Å². The lowest BCUT2D eigenvalue weighted by atomic mass is 10.2. The number of hydrogen-bond acceptors (Lipinski definition) is 7. The highest BCUT2D eigenvalue weighted by Gasteiger charge is 2.23. The summed E-state index contributed by atoms with van der Waals surface area (Å²) in [6.45, 7) is 3.75. The average molecular weight is 396 g/mol. The smallest absolute Gasteiger partial charge is 0.256 e. The molecule has 144 valence electrons. The molecular formula is C20H20N4O3S. The van der Waals surface area contributed by atoms with E-state index in [4.69, 9.17) is 9.15 Å². The molecule has 1 aliphatic rings. The van der Waals surface area contributed by atoms with Crippen LogP contribution >= 0.6 is 11.3 Å². The predicted octanol–water partition coefficient (Wildman–Crippen LogP) is 3.46. The van der Waals surface area contributed by atoms with Crippen LogP contribution in [0.25, 0.3) is 10.8 Å². The second-order valence-electron chi connectivity index (χ2n) is 6.36. The van der Waals surface area contributed by atoms with Crippen molar-refractivity contribution in [3.63, 3.8) is 0 Å². The number of hydrogen-bond donors (Lipinski definition) is 2. The van der Waals surface area contributed by atoms with E-state index in [1.807, 2.05) is 25.1 Å². The van der Waals surface area contributed by atoms with Gasteiger partial charge in [0, 0.05) is 24.9 Å². The molecule has 0 unspecified atom stereocenters. The van der Waals surface area contributed by atoms with Gasteiger partial charge in [0.05, 0.1) is 29.1 Å². The number of carbonyl (C=O) groups is 1. The van der Waals surface area contributed by atoms with E-state index in [2.05, 4.69) is 20.6 Å². The van der Waals surface area contributed by atoms with Crippen molar-refractivity contribution in [1.82, 2.24) is 10.3 Å². The molecule has 0 bridgehead atoms. The van der Waals surface area contributed by atoms with E-state index in [0.29, 0.717) is 37.0 Å². The summed E-state index contributed by atoms with van der Waals surface area (Å²) >= 11 is 1.52. The van der Waals surface area contributed by atoms with Crippen LogP contribution < -0.4 is 10.6 Å². The molecule has 1 aromatic carbocycles. The molecule has 0 atom stereocenters. The number of fused-ring (bicyclic) bond motifs is 1. The monoisotopic (exact) mass is 396 g/mol. The minimum Gasteiger partial charge on any atom is -0.441 e. The lowest BCUT2D eigenvalue weighted by molar-refractivity contribution is 0.0977. The fraction of sp³-hybridized carbons (Fsp3) is 0.250. The van der Waals surface area contributed by atoms with Gasteiger partial charge in [-0.1, -0.05) is 0 Å². The molecule has 0 fully saturated rings. The third-order valence-electron chi connectivity index (χ3n) is 4.28. The Kier molecular flexibility index (Phi) is 5.23. The minimum atomic E-state index is -0.183. The topological polar surface area (TPSA) is 88.8 Å². The molecule has 0 radical (unpaired) electrons. The molecule has 0 saturated carbocycles. The maximum absolute atomic E-state index is 12.6. The van der Waals surface area contributed by atoms with Gasteiger partial charge in [-0.15, -0.1) is 11.3 Å². The number of oxazole rings is 1. The van der Waals surface area contributed by atoms with E-state index < -0.39 is 0 Å². The molecule has 0 aliphatic carbocycles. The minimum absolute atomic E-state index is 0.183. The highest BCUT2D eigenvalue weighted by molar-refractivity contribution is 7.17. The second kappa shape index (κ2) is 7.95.